The van der Waals surface area contributed by atoms with Crippen molar-refractivity contribution in [2.45, 2.75) is 52.4 Å². The van der Waals surface area contributed by atoms with E-state index in [2.05, 4.69) is 39.8 Å². The first-order valence-corrected chi connectivity index (χ1v) is 10.5. The third kappa shape index (κ3) is 3.81. The average molecular weight is 392 g/mol. The molecule has 0 radical (unpaired) electrons. The third-order valence-corrected chi connectivity index (χ3v) is 6.24. The van der Waals surface area contributed by atoms with Gasteiger partial charge in [0.25, 0.3) is 0 Å². The second-order valence-electron chi connectivity index (χ2n) is 9.51. The molecule has 1 aliphatic carbocycles. The number of carbonyl (C=O) groups is 2. The molecule has 1 heterocycles. The number of anilines is 1. The fourth-order valence-corrected chi connectivity index (χ4v) is 4.47. The number of nitrogens with zero attached hydrogens (tertiary/aromatic N) is 1. The summed E-state index contributed by atoms with van der Waals surface area (Å²) in [5.41, 5.74) is 1.99. The number of carbonyl (C=O) groups excluding carboxylic acids is 2. The number of hydrogen-bond acceptors (Lipinski definition) is 3. The Morgan fingerprint density at radius 1 is 0.828 bits per heavy atom. The molecule has 2 aliphatic rings. The first kappa shape index (κ1) is 19.7. The van der Waals surface area contributed by atoms with Crippen LogP contribution < -0.4 is 9.64 Å². The molecule has 2 aromatic carbocycles. The molecule has 0 spiro atoms. The molecule has 29 heavy (non-hydrogen) atoms. The van der Waals surface area contributed by atoms with Gasteiger partial charge in [0, 0.05) is 0 Å². The minimum Gasteiger partial charge on any atom is -0.457 e. The van der Waals surface area contributed by atoms with E-state index >= 15 is 0 Å². The van der Waals surface area contributed by atoms with Crippen LogP contribution >= 0.6 is 0 Å². The molecule has 2 amide bonds. The molecule has 0 aromatic heterocycles. The molecule has 1 aliphatic heterocycles. The molecule has 1 saturated carbocycles. The van der Waals surface area contributed by atoms with E-state index in [1.54, 1.807) is 12.1 Å². The van der Waals surface area contributed by atoms with Crippen LogP contribution in [0.3, 0.4) is 0 Å². The van der Waals surface area contributed by atoms with Crippen LogP contribution in [-0.4, -0.2) is 11.8 Å². The van der Waals surface area contributed by atoms with Crippen LogP contribution in [0.25, 0.3) is 0 Å². The van der Waals surface area contributed by atoms with Crippen LogP contribution in [0.4, 0.5) is 5.69 Å². The van der Waals surface area contributed by atoms with Gasteiger partial charge in [-0.05, 0) is 72.6 Å². The van der Waals surface area contributed by atoms with Crippen LogP contribution in [-0.2, 0) is 15.0 Å². The zero-order valence-electron chi connectivity index (χ0n) is 17.6. The Balaban J connectivity index is 1.48. The first-order valence-electron chi connectivity index (χ1n) is 10.5. The highest BCUT2D eigenvalue weighted by molar-refractivity contribution is 6.22. The molecule has 4 nitrogen and oxygen atoms in total. The van der Waals surface area contributed by atoms with Gasteiger partial charge in [-0.2, -0.15) is 0 Å². The fourth-order valence-electron chi connectivity index (χ4n) is 4.47. The minimum absolute atomic E-state index is 0.0432. The maximum atomic E-state index is 12.9. The van der Waals surface area contributed by atoms with Crippen molar-refractivity contribution in [3.8, 4) is 11.5 Å². The van der Waals surface area contributed by atoms with E-state index in [-0.39, 0.29) is 29.1 Å². The van der Waals surface area contributed by atoms with Gasteiger partial charge >= 0.3 is 0 Å². The van der Waals surface area contributed by atoms with Gasteiger partial charge in [0.15, 0.2) is 0 Å². The van der Waals surface area contributed by atoms with Crippen molar-refractivity contribution in [1.82, 2.24) is 0 Å². The van der Waals surface area contributed by atoms with Gasteiger partial charge in [0.1, 0.15) is 11.5 Å². The van der Waals surface area contributed by atoms with Gasteiger partial charge in [-0.3, -0.25) is 14.5 Å². The van der Waals surface area contributed by atoms with Crippen LogP contribution in [0.1, 0.15) is 52.5 Å². The Labute approximate surface area is 172 Å². The topological polar surface area (TPSA) is 46.6 Å². The van der Waals surface area contributed by atoms with E-state index in [0.29, 0.717) is 17.4 Å². The van der Waals surface area contributed by atoms with E-state index in [9.17, 15) is 9.59 Å². The van der Waals surface area contributed by atoms with Crippen LogP contribution in [0.5, 0.6) is 11.5 Å². The average Bonchev–Trinajstić information content (AvgIpc) is 2.92. The van der Waals surface area contributed by atoms with Gasteiger partial charge in [0.2, 0.25) is 11.8 Å². The summed E-state index contributed by atoms with van der Waals surface area (Å²) in [5, 5.41) is 0. The van der Waals surface area contributed by atoms with E-state index in [1.165, 1.54) is 10.5 Å². The summed E-state index contributed by atoms with van der Waals surface area (Å²) in [6, 6.07) is 15.3. The lowest BCUT2D eigenvalue weighted by atomic mass is 9.76. The highest BCUT2D eigenvalue weighted by Gasteiger charge is 2.49. The maximum Gasteiger partial charge on any atom is 0.237 e. The monoisotopic (exact) mass is 391 g/mol. The van der Waals surface area contributed by atoms with Gasteiger partial charge in [-0.25, -0.2) is 0 Å². The van der Waals surface area contributed by atoms with E-state index < -0.39 is 0 Å². The second kappa shape index (κ2) is 7.33. The molecular formula is C25H29NO3. The highest BCUT2D eigenvalue weighted by Crippen LogP contribution is 2.42. The highest BCUT2D eigenvalue weighted by atomic mass is 16.5. The van der Waals surface area contributed by atoms with Crippen molar-refractivity contribution >= 4 is 17.5 Å². The number of fused-ring (bicyclic) bond motifs is 1. The standard InChI is InChI=1S/C25H29NO3/c1-16-5-14-21-22(15-16)24(28)26(23(21)27)18-8-12-20(13-9-18)29-19-10-6-17(7-11-19)25(2,3)4/h6-13,16,21-22H,5,14-15H2,1-4H3/t16-,21+,22+/m0/s1. The molecule has 0 N–H and O–H groups in total. The van der Waals surface area contributed by atoms with Gasteiger partial charge in [-0.15, -0.1) is 0 Å². The molecule has 4 heteroatoms. The molecule has 0 unspecified atom stereocenters. The molecule has 4 rings (SSSR count). The number of imide groups is 1. The lowest BCUT2D eigenvalue weighted by molar-refractivity contribution is -0.122. The Morgan fingerprint density at radius 3 is 1.97 bits per heavy atom. The normalized spacial score (nSPS) is 24.6. The summed E-state index contributed by atoms with van der Waals surface area (Å²) in [4.78, 5) is 27.1. The predicted octanol–water partition coefficient (Wildman–Crippen LogP) is 5.70. The molecule has 1 saturated heterocycles. The number of amides is 2. The molecule has 0 bridgehead atoms. The number of rotatable bonds is 3. The summed E-state index contributed by atoms with van der Waals surface area (Å²) in [6.45, 7) is 8.70. The van der Waals surface area contributed by atoms with Crippen molar-refractivity contribution in [3.63, 3.8) is 0 Å². The summed E-state index contributed by atoms with van der Waals surface area (Å²) in [7, 11) is 0. The van der Waals surface area contributed by atoms with Crippen molar-refractivity contribution < 1.29 is 14.3 Å². The molecule has 3 atom stereocenters. The van der Waals surface area contributed by atoms with Crippen molar-refractivity contribution in [2.24, 2.45) is 17.8 Å². The van der Waals surface area contributed by atoms with Crippen molar-refractivity contribution in [1.29, 1.82) is 0 Å². The fraction of sp³-hybridized carbons (Fsp3) is 0.440. The summed E-state index contributed by atoms with van der Waals surface area (Å²) in [6.07, 6.45) is 2.66. The van der Waals surface area contributed by atoms with Gasteiger partial charge in [0.05, 0.1) is 17.5 Å². The number of hydrogen-bond donors (Lipinski definition) is 0. The van der Waals surface area contributed by atoms with Gasteiger partial charge < -0.3 is 4.74 Å². The SMILES string of the molecule is C[C@H]1CC[C@H]2C(=O)N(c3ccc(Oc4ccc(C(C)(C)C)cc4)cc3)C(=O)[C@@H]2C1. The summed E-state index contributed by atoms with van der Waals surface area (Å²) < 4.78 is 5.94. The number of ether oxygens (including phenoxy) is 1. The van der Waals surface area contributed by atoms with Crippen LogP contribution in [0, 0.1) is 17.8 Å². The summed E-state index contributed by atoms with van der Waals surface area (Å²) >= 11 is 0. The smallest absolute Gasteiger partial charge is 0.237 e. The predicted molar refractivity (Wildman–Crippen MR) is 114 cm³/mol. The third-order valence-electron chi connectivity index (χ3n) is 6.24. The Morgan fingerprint density at radius 2 is 1.38 bits per heavy atom. The van der Waals surface area contributed by atoms with Crippen molar-refractivity contribution in [2.75, 3.05) is 4.90 Å². The first-order chi connectivity index (χ1) is 13.7. The quantitative estimate of drug-likeness (QED) is 0.630. The van der Waals surface area contributed by atoms with Gasteiger partial charge in [-0.1, -0.05) is 39.8 Å². The lowest BCUT2D eigenvalue weighted by Crippen LogP contribution is -2.30. The maximum absolute atomic E-state index is 12.9. The second-order valence-corrected chi connectivity index (χ2v) is 9.51. The lowest BCUT2D eigenvalue weighted by Gasteiger charge is -2.25. The zero-order valence-corrected chi connectivity index (χ0v) is 17.6. The van der Waals surface area contributed by atoms with E-state index in [0.717, 1.165) is 25.0 Å². The minimum atomic E-state index is -0.150. The number of benzene rings is 2. The summed E-state index contributed by atoms with van der Waals surface area (Å²) in [5.74, 6) is 1.57. The van der Waals surface area contributed by atoms with E-state index in [1.807, 2.05) is 24.3 Å². The molecule has 2 aromatic rings. The van der Waals surface area contributed by atoms with E-state index in [4.69, 9.17) is 4.74 Å². The Kier molecular flexibility index (Phi) is 4.97. The molecule has 152 valence electrons. The van der Waals surface area contributed by atoms with Crippen LogP contribution in [0.15, 0.2) is 48.5 Å². The van der Waals surface area contributed by atoms with Crippen LogP contribution in [0.2, 0.25) is 0 Å². The zero-order chi connectivity index (χ0) is 20.8. The Hall–Kier alpha value is -2.62. The Bertz CT molecular complexity index is 909. The largest absolute Gasteiger partial charge is 0.457 e. The van der Waals surface area contributed by atoms with Crippen molar-refractivity contribution in [3.05, 3.63) is 54.1 Å². The molecule has 2 fully saturated rings. The molecular weight excluding hydrogens is 362 g/mol.